The Morgan fingerprint density at radius 3 is 2.62 bits per heavy atom. The van der Waals surface area contributed by atoms with Gasteiger partial charge in [0, 0.05) is 6.20 Å². The van der Waals surface area contributed by atoms with E-state index in [4.69, 9.17) is 17.3 Å². The molecule has 0 bridgehead atoms. The van der Waals surface area contributed by atoms with Crippen LogP contribution in [0, 0.1) is 0 Å². The second-order valence-electron chi connectivity index (χ2n) is 2.69. The van der Waals surface area contributed by atoms with Gasteiger partial charge in [0.15, 0.2) is 0 Å². The summed E-state index contributed by atoms with van der Waals surface area (Å²) in [4.78, 5) is 3.76. The quantitative estimate of drug-likeness (QED) is 0.767. The van der Waals surface area contributed by atoms with Crippen molar-refractivity contribution in [3.05, 3.63) is 29.0 Å². The summed E-state index contributed by atoms with van der Waals surface area (Å²) in [6, 6.07) is 2.05. The first-order valence-corrected chi connectivity index (χ1v) is 4.11. The lowest BCUT2D eigenvalue weighted by Crippen LogP contribution is -2.30. The van der Waals surface area contributed by atoms with E-state index in [1.54, 1.807) is 12.1 Å². The molecule has 2 N–H and O–H groups in total. The van der Waals surface area contributed by atoms with Crippen LogP contribution in [0.1, 0.15) is 5.56 Å². The highest BCUT2D eigenvalue weighted by Gasteiger charge is 2.15. The molecular formula is C8H9ClF2N2. The van der Waals surface area contributed by atoms with E-state index in [-0.39, 0.29) is 6.42 Å². The number of rotatable bonds is 3. The minimum absolute atomic E-state index is 0.113. The SMILES string of the molecule is NC(Cc1ccc(Cl)nc1)C(F)F. The summed E-state index contributed by atoms with van der Waals surface area (Å²) in [5, 5.41) is 0.342. The molecule has 0 aliphatic carbocycles. The van der Waals surface area contributed by atoms with Gasteiger partial charge in [-0.1, -0.05) is 17.7 Å². The molecule has 2 nitrogen and oxygen atoms in total. The second kappa shape index (κ2) is 4.48. The van der Waals surface area contributed by atoms with E-state index in [0.29, 0.717) is 10.7 Å². The van der Waals surface area contributed by atoms with Crippen molar-refractivity contribution >= 4 is 11.6 Å². The third-order valence-electron chi connectivity index (χ3n) is 1.58. The monoisotopic (exact) mass is 206 g/mol. The van der Waals surface area contributed by atoms with Gasteiger partial charge in [-0.05, 0) is 18.1 Å². The minimum Gasteiger partial charge on any atom is -0.323 e. The van der Waals surface area contributed by atoms with Crippen molar-refractivity contribution in [1.82, 2.24) is 4.98 Å². The van der Waals surface area contributed by atoms with Gasteiger partial charge in [-0.25, -0.2) is 13.8 Å². The van der Waals surface area contributed by atoms with E-state index in [2.05, 4.69) is 4.98 Å². The number of pyridine rings is 1. The average Bonchev–Trinajstić information content (AvgIpc) is 2.08. The molecule has 0 aromatic carbocycles. The molecule has 72 valence electrons. The third kappa shape index (κ3) is 3.24. The Kier molecular flexibility index (Phi) is 3.57. The molecular weight excluding hydrogens is 198 g/mol. The fraction of sp³-hybridized carbons (Fsp3) is 0.375. The first-order valence-electron chi connectivity index (χ1n) is 3.74. The van der Waals surface area contributed by atoms with Crippen LogP contribution >= 0.6 is 11.6 Å². The molecule has 13 heavy (non-hydrogen) atoms. The van der Waals surface area contributed by atoms with E-state index in [9.17, 15) is 8.78 Å². The second-order valence-corrected chi connectivity index (χ2v) is 3.08. The van der Waals surface area contributed by atoms with Crippen LogP contribution in [0.5, 0.6) is 0 Å². The Labute approximate surface area is 79.7 Å². The molecule has 0 aliphatic rings. The van der Waals surface area contributed by atoms with Crippen LogP contribution in [0.4, 0.5) is 8.78 Å². The zero-order valence-electron chi connectivity index (χ0n) is 6.75. The van der Waals surface area contributed by atoms with Gasteiger partial charge in [0.25, 0.3) is 6.43 Å². The van der Waals surface area contributed by atoms with Crippen LogP contribution < -0.4 is 5.73 Å². The molecule has 0 fully saturated rings. The van der Waals surface area contributed by atoms with Crippen molar-refractivity contribution in [2.24, 2.45) is 5.73 Å². The Morgan fingerprint density at radius 1 is 1.46 bits per heavy atom. The highest BCUT2D eigenvalue weighted by atomic mass is 35.5. The van der Waals surface area contributed by atoms with Gasteiger partial charge < -0.3 is 5.73 Å². The molecule has 1 atom stereocenters. The fourth-order valence-electron chi connectivity index (χ4n) is 0.888. The maximum atomic E-state index is 12.0. The van der Waals surface area contributed by atoms with E-state index in [1.165, 1.54) is 6.20 Å². The molecule has 0 aliphatic heterocycles. The Morgan fingerprint density at radius 2 is 2.15 bits per heavy atom. The van der Waals surface area contributed by atoms with Crippen LogP contribution in [-0.2, 0) is 6.42 Å². The molecule has 0 amide bonds. The lowest BCUT2D eigenvalue weighted by Gasteiger charge is -2.09. The largest absolute Gasteiger partial charge is 0.323 e. The summed E-state index contributed by atoms with van der Waals surface area (Å²) >= 11 is 5.52. The Hall–Kier alpha value is -0.740. The highest BCUT2D eigenvalue weighted by Crippen LogP contribution is 2.09. The zero-order valence-corrected chi connectivity index (χ0v) is 7.51. The first-order chi connectivity index (χ1) is 6.09. The normalized spacial score (nSPS) is 13.3. The molecule has 0 saturated carbocycles. The van der Waals surface area contributed by atoms with Crippen molar-refractivity contribution in [1.29, 1.82) is 0 Å². The molecule has 0 saturated heterocycles. The van der Waals surface area contributed by atoms with Crippen molar-refractivity contribution in [2.45, 2.75) is 18.9 Å². The predicted molar refractivity (Wildman–Crippen MR) is 46.9 cm³/mol. The lowest BCUT2D eigenvalue weighted by atomic mass is 10.1. The van der Waals surface area contributed by atoms with Gasteiger partial charge in [-0.15, -0.1) is 0 Å². The molecule has 0 radical (unpaired) electrons. The lowest BCUT2D eigenvalue weighted by molar-refractivity contribution is 0.116. The number of alkyl halides is 2. The predicted octanol–water partition coefficient (Wildman–Crippen LogP) is 1.87. The van der Waals surface area contributed by atoms with E-state index in [0.717, 1.165) is 0 Å². The van der Waals surface area contributed by atoms with Gasteiger partial charge in [0.05, 0.1) is 6.04 Å². The summed E-state index contributed by atoms with van der Waals surface area (Å²) in [5.74, 6) is 0. The smallest absolute Gasteiger partial charge is 0.253 e. The van der Waals surface area contributed by atoms with E-state index >= 15 is 0 Å². The molecule has 1 rings (SSSR count). The Bertz CT molecular complexity index is 263. The van der Waals surface area contributed by atoms with Gasteiger partial charge in [0.2, 0.25) is 0 Å². The average molecular weight is 207 g/mol. The van der Waals surface area contributed by atoms with Crippen LogP contribution in [0.15, 0.2) is 18.3 Å². The number of halogens is 3. The molecule has 1 aromatic heterocycles. The summed E-state index contributed by atoms with van der Waals surface area (Å²) in [5.41, 5.74) is 5.84. The number of hydrogen-bond acceptors (Lipinski definition) is 2. The van der Waals surface area contributed by atoms with Crippen molar-refractivity contribution in [3.8, 4) is 0 Å². The Balaban J connectivity index is 2.59. The molecule has 5 heteroatoms. The fourth-order valence-corrected chi connectivity index (χ4v) is 1.00. The summed E-state index contributed by atoms with van der Waals surface area (Å²) in [6.07, 6.45) is -0.942. The summed E-state index contributed by atoms with van der Waals surface area (Å²) < 4.78 is 24.0. The molecule has 1 heterocycles. The van der Waals surface area contributed by atoms with Gasteiger partial charge >= 0.3 is 0 Å². The van der Waals surface area contributed by atoms with Crippen LogP contribution in [0.25, 0.3) is 0 Å². The topological polar surface area (TPSA) is 38.9 Å². The number of nitrogens with zero attached hydrogens (tertiary/aromatic N) is 1. The summed E-state index contributed by atoms with van der Waals surface area (Å²) in [7, 11) is 0. The number of nitrogens with two attached hydrogens (primary N) is 1. The maximum Gasteiger partial charge on any atom is 0.253 e. The van der Waals surface area contributed by atoms with Crippen molar-refractivity contribution in [3.63, 3.8) is 0 Å². The minimum atomic E-state index is -2.50. The number of hydrogen-bond donors (Lipinski definition) is 1. The number of aromatic nitrogens is 1. The standard InChI is InChI=1S/C8H9ClF2N2/c9-7-2-1-5(4-13-7)3-6(12)8(10)11/h1-2,4,6,8H,3,12H2. The van der Waals surface area contributed by atoms with Crippen LogP contribution in [0.3, 0.4) is 0 Å². The third-order valence-corrected chi connectivity index (χ3v) is 1.81. The highest BCUT2D eigenvalue weighted by molar-refractivity contribution is 6.29. The van der Waals surface area contributed by atoms with Gasteiger partial charge in [0.1, 0.15) is 5.15 Å². The van der Waals surface area contributed by atoms with Gasteiger partial charge in [-0.3, -0.25) is 0 Å². The van der Waals surface area contributed by atoms with Crippen LogP contribution in [-0.4, -0.2) is 17.5 Å². The zero-order chi connectivity index (χ0) is 9.84. The molecule has 1 unspecified atom stereocenters. The van der Waals surface area contributed by atoms with Crippen molar-refractivity contribution in [2.75, 3.05) is 0 Å². The first kappa shape index (κ1) is 10.3. The van der Waals surface area contributed by atoms with Crippen LogP contribution in [0.2, 0.25) is 5.15 Å². The van der Waals surface area contributed by atoms with E-state index in [1.807, 2.05) is 0 Å². The van der Waals surface area contributed by atoms with E-state index < -0.39 is 12.5 Å². The molecule has 0 spiro atoms. The van der Waals surface area contributed by atoms with Gasteiger partial charge in [-0.2, -0.15) is 0 Å². The van der Waals surface area contributed by atoms with Crippen molar-refractivity contribution < 1.29 is 8.78 Å². The molecule has 1 aromatic rings. The maximum absolute atomic E-state index is 12.0. The summed E-state index contributed by atoms with van der Waals surface area (Å²) in [6.45, 7) is 0.